The molecule has 5 rings (SSSR count). The topological polar surface area (TPSA) is 105 Å². The molecular weight excluding hydrogens is 368 g/mol. The second-order valence-corrected chi connectivity index (χ2v) is 8.58. The zero-order valence-electron chi connectivity index (χ0n) is 15.4. The van der Waals surface area contributed by atoms with Gasteiger partial charge >= 0.3 is 0 Å². The number of rotatable bonds is 2. The van der Waals surface area contributed by atoms with E-state index in [-0.39, 0.29) is 5.91 Å². The van der Waals surface area contributed by atoms with Crippen LogP contribution < -0.4 is 10.2 Å². The van der Waals surface area contributed by atoms with Crippen LogP contribution in [0, 0.1) is 12.8 Å². The van der Waals surface area contributed by atoms with Crippen LogP contribution in [-0.4, -0.2) is 55.6 Å². The van der Waals surface area contributed by atoms with E-state index in [1.807, 2.05) is 6.92 Å². The number of carbonyl (C=O) groups excluding carboxylic acids is 2. The maximum Gasteiger partial charge on any atom is 0.258 e. The molecule has 2 bridgehead atoms. The van der Waals surface area contributed by atoms with Crippen LogP contribution in [0.3, 0.4) is 0 Å². The molecule has 0 spiro atoms. The number of anilines is 1. The molecule has 3 aliphatic heterocycles. The Morgan fingerprint density at radius 2 is 2.07 bits per heavy atom. The van der Waals surface area contributed by atoms with E-state index in [0.717, 1.165) is 22.8 Å². The monoisotopic (exact) mass is 388 g/mol. The first-order valence-corrected chi connectivity index (χ1v) is 9.62. The summed E-state index contributed by atoms with van der Waals surface area (Å²) in [5.41, 5.74) is -0.722. The van der Waals surface area contributed by atoms with Gasteiger partial charge in [0.1, 0.15) is 22.2 Å². The SMILES string of the molecule is CN[C@@]12C(=O)N(c3ccc4nsnc4c3C)C(=O)C1C1(C)C[C@H](O)C2(C)O1. The van der Waals surface area contributed by atoms with Gasteiger partial charge in [0.2, 0.25) is 5.91 Å². The number of ether oxygens (including phenoxy) is 1. The van der Waals surface area contributed by atoms with Crippen LogP contribution in [0.5, 0.6) is 0 Å². The number of aliphatic hydroxyl groups excluding tert-OH is 1. The van der Waals surface area contributed by atoms with Crippen LogP contribution in [-0.2, 0) is 14.3 Å². The van der Waals surface area contributed by atoms with Gasteiger partial charge in [0.25, 0.3) is 5.91 Å². The third-order valence-corrected chi connectivity index (χ3v) is 7.34. The van der Waals surface area contributed by atoms with E-state index in [1.54, 1.807) is 33.0 Å². The number of aliphatic hydroxyl groups is 1. The average molecular weight is 388 g/mol. The molecule has 142 valence electrons. The quantitative estimate of drug-likeness (QED) is 0.732. The molecule has 1 aromatic heterocycles. The lowest BCUT2D eigenvalue weighted by atomic mass is 9.62. The van der Waals surface area contributed by atoms with Crippen molar-refractivity contribution in [3.63, 3.8) is 0 Å². The lowest BCUT2D eigenvalue weighted by Crippen LogP contribution is -2.70. The number of likely N-dealkylation sites (N-methyl/N-ethyl adjacent to an activating group) is 1. The van der Waals surface area contributed by atoms with E-state index >= 15 is 0 Å². The van der Waals surface area contributed by atoms with Gasteiger partial charge in [0.15, 0.2) is 0 Å². The fraction of sp³-hybridized carbons (Fsp3) is 0.556. The van der Waals surface area contributed by atoms with Crippen molar-refractivity contribution in [1.29, 1.82) is 0 Å². The van der Waals surface area contributed by atoms with E-state index in [4.69, 9.17) is 4.74 Å². The molecule has 2 amide bonds. The molecule has 3 fully saturated rings. The number of aryl methyl sites for hydroxylation is 1. The summed E-state index contributed by atoms with van der Waals surface area (Å²) in [5, 5.41) is 13.7. The van der Waals surface area contributed by atoms with Crippen molar-refractivity contribution in [1.82, 2.24) is 14.1 Å². The Morgan fingerprint density at radius 3 is 2.78 bits per heavy atom. The predicted molar refractivity (Wildman–Crippen MR) is 98.4 cm³/mol. The third-order valence-electron chi connectivity index (χ3n) is 6.80. The lowest BCUT2D eigenvalue weighted by Gasteiger charge is -2.43. The summed E-state index contributed by atoms with van der Waals surface area (Å²) >= 11 is 1.10. The van der Waals surface area contributed by atoms with Crippen LogP contribution in [0.2, 0.25) is 0 Å². The highest BCUT2D eigenvalue weighted by Gasteiger charge is 2.83. The Hall–Kier alpha value is -1.94. The van der Waals surface area contributed by atoms with E-state index in [0.29, 0.717) is 17.6 Å². The highest BCUT2D eigenvalue weighted by molar-refractivity contribution is 7.00. The van der Waals surface area contributed by atoms with Crippen LogP contribution >= 0.6 is 11.7 Å². The van der Waals surface area contributed by atoms with E-state index in [9.17, 15) is 14.7 Å². The molecule has 3 saturated heterocycles. The molecule has 0 aliphatic carbocycles. The van der Waals surface area contributed by atoms with Gasteiger partial charge in [-0.25, -0.2) is 4.90 Å². The van der Waals surface area contributed by atoms with E-state index in [1.165, 1.54) is 4.90 Å². The van der Waals surface area contributed by atoms with Crippen molar-refractivity contribution in [2.24, 2.45) is 5.92 Å². The second-order valence-electron chi connectivity index (χ2n) is 8.05. The van der Waals surface area contributed by atoms with Gasteiger partial charge < -0.3 is 15.2 Å². The first-order chi connectivity index (χ1) is 12.7. The highest BCUT2D eigenvalue weighted by Crippen LogP contribution is 2.63. The minimum Gasteiger partial charge on any atom is -0.390 e. The smallest absolute Gasteiger partial charge is 0.258 e. The van der Waals surface area contributed by atoms with E-state index in [2.05, 4.69) is 14.1 Å². The van der Waals surface area contributed by atoms with Crippen LogP contribution in [0.4, 0.5) is 5.69 Å². The number of fused-ring (bicyclic) bond motifs is 6. The van der Waals surface area contributed by atoms with E-state index < -0.39 is 34.7 Å². The fourth-order valence-electron chi connectivity index (χ4n) is 5.56. The Balaban J connectivity index is 1.73. The molecule has 2 N–H and O–H groups in total. The van der Waals surface area contributed by atoms with Crippen molar-refractivity contribution in [3.8, 4) is 0 Å². The summed E-state index contributed by atoms with van der Waals surface area (Å²) in [6.45, 7) is 5.36. The third kappa shape index (κ3) is 1.66. The highest BCUT2D eigenvalue weighted by atomic mass is 32.1. The summed E-state index contributed by atoms with van der Waals surface area (Å²) in [4.78, 5) is 28.4. The molecule has 0 radical (unpaired) electrons. The number of carbonyl (C=O) groups is 2. The maximum atomic E-state index is 13.7. The summed E-state index contributed by atoms with van der Waals surface area (Å²) in [7, 11) is 1.65. The van der Waals surface area contributed by atoms with Crippen LogP contribution in [0.25, 0.3) is 11.0 Å². The summed E-state index contributed by atoms with van der Waals surface area (Å²) in [5.74, 6) is -1.41. The number of hydrogen-bond acceptors (Lipinski definition) is 8. The molecule has 3 unspecified atom stereocenters. The van der Waals surface area contributed by atoms with Crippen molar-refractivity contribution in [2.75, 3.05) is 11.9 Å². The predicted octanol–water partition coefficient (Wildman–Crippen LogP) is 0.760. The van der Waals surface area contributed by atoms with Crippen molar-refractivity contribution in [2.45, 2.75) is 50.0 Å². The summed E-state index contributed by atoms with van der Waals surface area (Å²) < 4.78 is 14.6. The summed E-state index contributed by atoms with van der Waals surface area (Å²) in [6.07, 6.45) is -0.521. The lowest BCUT2D eigenvalue weighted by molar-refractivity contribution is -0.137. The van der Waals surface area contributed by atoms with Crippen molar-refractivity contribution >= 4 is 40.3 Å². The molecule has 2 aromatic rings. The Kier molecular flexibility index (Phi) is 3.12. The first kappa shape index (κ1) is 17.2. The summed E-state index contributed by atoms with van der Waals surface area (Å²) in [6, 6.07) is 3.51. The number of hydrogen-bond donors (Lipinski definition) is 2. The Labute approximate surface area is 159 Å². The van der Waals surface area contributed by atoms with Crippen LogP contribution in [0.1, 0.15) is 25.8 Å². The minimum atomic E-state index is -1.31. The normalized spacial score (nSPS) is 40.4. The largest absolute Gasteiger partial charge is 0.390 e. The zero-order valence-corrected chi connectivity index (χ0v) is 16.3. The minimum absolute atomic E-state index is 0.307. The molecule has 5 atom stereocenters. The fourth-order valence-corrected chi connectivity index (χ4v) is 6.15. The van der Waals surface area contributed by atoms with Crippen molar-refractivity contribution in [3.05, 3.63) is 17.7 Å². The number of nitrogens with one attached hydrogen (secondary N) is 1. The van der Waals surface area contributed by atoms with Gasteiger partial charge in [0, 0.05) is 12.0 Å². The molecular formula is C18H20N4O4S. The maximum absolute atomic E-state index is 13.7. The molecule has 8 nitrogen and oxygen atoms in total. The van der Waals surface area contributed by atoms with Gasteiger partial charge in [-0.05, 0) is 40.0 Å². The molecule has 27 heavy (non-hydrogen) atoms. The van der Waals surface area contributed by atoms with Gasteiger partial charge in [0.05, 0.1) is 35.0 Å². The number of benzene rings is 1. The van der Waals surface area contributed by atoms with Crippen LogP contribution in [0.15, 0.2) is 12.1 Å². The van der Waals surface area contributed by atoms with Gasteiger partial charge in [-0.2, -0.15) is 8.75 Å². The number of nitrogens with zero attached hydrogens (tertiary/aromatic N) is 3. The molecule has 1 aromatic carbocycles. The van der Waals surface area contributed by atoms with Crippen molar-refractivity contribution < 1.29 is 19.4 Å². The number of amides is 2. The average Bonchev–Trinajstić information content (AvgIpc) is 3.28. The molecule has 4 heterocycles. The second kappa shape index (κ2) is 4.91. The van der Waals surface area contributed by atoms with Gasteiger partial charge in [-0.1, -0.05) is 0 Å². The Bertz CT molecular complexity index is 1020. The Morgan fingerprint density at radius 1 is 1.33 bits per heavy atom. The molecule has 0 saturated carbocycles. The molecule has 3 aliphatic rings. The number of imide groups is 1. The van der Waals surface area contributed by atoms with Gasteiger partial charge in [-0.3, -0.25) is 9.59 Å². The zero-order chi connectivity index (χ0) is 19.4. The standard InChI is InChI=1S/C18H20N4O4S/c1-8-10(6-5-9-12(8)21-27-20-9)22-14(24)13-16(2)7-11(23)17(3,26-16)18(13,19-4)15(22)25/h5-6,11,13,19,23H,7H2,1-4H3/t11-,13?,16?,17?,18+/m0/s1. The number of aromatic nitrogens is 2. The first-order valence-electron chi connectivity index (χ1n) is 8.89. The molecule has 9 heteroatoms. The van der Waals surface area contributed by atoms with Gasteiger partial charge in [-0.15, -0.1) is 0 Å².